The first-order chi connectivity index (χ1) is 9.95. The molecule has 0 aromatic heterocycles. The molecule has 0 spiro atoms. The Morgan fingerprint density at radius 3 is 2.48 bits per heavy atom. The number of nitrogens with one attached hydrogen (secondary N) is 2. The highest BCUT2D eigenvalue weighted by atomic mass is 16.5. The zero-order chi connectivity index (χ0) is 16.1. The van der Waals surface area contributed by atoms with Crippen LogP contribution in [0.1, 0.15) is 39.5 Å². The number of ether oxygens (including phenoxy) is 1. The molecule has 0 saturated carbocycles. The van der Waals surface area contributed by atoms with Gasteiger partial charge in [-0.3, -0.25) is 4.79 Å². The van der Waals surface area contributed by atoms with Crippen LogP contribution in [0.25, 0.3) is 0 Å². The molecule has 2 amide bonds. The molecule has 0 aliphatic heterocycles. The van der Waals surface area contributed by atoms with E-state index in [2.05, 4.69) is 17.2 Å². The number of hydrogen-bond acceptors (Lipinski definition) is 3. The van der Waals surface area contributed by atoms with Crippen molar-refractivity contribution in [2.24, 2.45) is 5.92 Å². The van der Waals surface area contributed by atoms with Crippen molar-refractivity contribution in [2.45, 2.75) is 39.5 Å². The van der Waals surface area contributed by atoms with Gasteiger partial charge in [0.15, 0.2) is 0 Å². The SMILES string of the molecule is C=C(C)COCCNC(=O)NCCC(CC)CCC(=O)O. The highest BCUT2D eigenvalue weighted by molar-refractivity contribution is 5.73. The minimum atomic E-state index is -0.770. The molecule has 0 heterocycles. The minimum Gasteiger partial charge on any atom is -0.481 e. The highest BCUT2D eigenvalue weighted by Crippen LogP contribution is 2.14. The lowest BCUT2D eigenvalue weighted by atomic mass is 9.97. The van der Waals surface area contributed by atoms with Gasteiger partial charge >= 0.3 is 12.0 Å². The van der Waals surface area contributed by atoms with E-state index in [1.807, 2.05) is 13.8 Å². The number of carbonyl (C=O) groups is 2. The maximum Gasteiger partial charge on any atom is 0.314 e. The number of carboxylic acids is 1. The maximum absolute atomic E-state index is 11.5. The van der Waals surface area contributed by atoms with Crippen molar-refractivity contribution < 1.29 is 19.4 Å². The van der Waals surface area contributed by atoms with Crippen molar-refractivity contribution >= 4 is 12.0 Å². The predicted molar refractivity (Wildman–Crippen MR) is 82.3 cm³/mol. The highest BCUT2D eigenvalue weighted by Gasteiger charge is 2.09. The number of aliphatic carboxylic acids is 1. The number of amides is 2. The van der Waals surface area contributed by atoms with Gasteiger partial charge < -0.3 is 20.5 Å². The Morgan fingerprint density at radius 1 is 1.24 bits per heavy atom. The standard InChI is InChI=1S/C15H28N2O4/c1-4-13(5-6-14(18)19)7-8-16-15(20)17-9-10-21-11-12(2)3/h13H,2,4-11H2,1,3H3,(H,18,19)(H2,16,17,20). The first-order valence-electron chi connectivity index (χ1n) is 7.41. The third-order valence-corrected chi connectivity index (χ3v) is 3.06. The number of carboxylic acid groups (broad SMARTS) is 1. The number of hydrogen-bond donors (Lipinski definition) is 3. The lowest BCUT2D eigenvalue weighted by molar-refractivity contribution is -0.137. The van der Waals surface area contributed by atoms with Crippen LogP contribution >= 0.6 is 0 Å². The van der Waals surface area contributed by atoms with Gasteiger partial charge in [0.05, 0.1) is 13.2 Å². The fraction of sp³-hybridized carbons (Fsp3) is 0.733. The van der Waals surface area contributed by atoms with Crippen LogP contribution in [0.5, 0.6) is 0 Å². The smallest absolute Gasteiger partial charge is 0.314 e. The third-order valence-electron chi connectivity index (χ3n) is 3.06. The Morgan fingerprint density at radius 2 is 1.90 bits per heavy atom. The summed E-state index contributed by atoms with van der Waals surface area (Å²) < 4.78 is 5.26. The topological polar surface area (TPSA) is 87.7 Å². The number of rotatable bonds is 12. The summed E-state index contributed by atoms with van der Waals surface area (Å²) in [5.41, 5.74) is 0.950. The average Bonchev–Trinajstić information content (AvgIpc) is 2.41. The van der Waals surface area contributed by atoms with Crippen LogP contribution in [0.2, 0.25) is 0 Å². The molecule has 6 heteroatoms. The fourth-order valence-electron chi connectivity index (χ4n) is 1.82. The molecular weight excluding hydrogens is 272 g/mol. The van der Waals surface area contributed by atoms with E-state index in [-0.39, 0.29) is 12.5 Å². The Bertz CT molecular complexity index is 332. The Hall–Kier alpha value is -1.56. The molecule has 0 rings (SSSR count). The summed E-state index contributed by atoms with van der Waals surface area (Å²) in [5, 5.41) is 14.1. The van der Waals surface area contributed by atoms with E-state index in [0.29, 0.717) is 38.6 Å². The van der Waals surface area contributed by atoms with Crippen LogP contribution in [0.4, 0.5) is 4.79 Å². The van der Waals surface area contributed by atoms with Crippen LogP contribution in [0.3, 0.4) is 0 Å². The van der Waals surface area contributed by atoms with Gasteiger partial charge in [0.25, 0.3) is 0 Å². The van der Waals surface area contributed by atoms with Crippen LogP contribution < -0.4 is 10.6 Å². The van der Waals surface area contributed by atoms with E-state index in [4.69, 9.17) is 9.84 Å². The molecular formula is C15H28N2O4. The Balaban J connectivity index is 3.58. The lowest BCUT2D eigenvalue weighted by Gasteiger charge is -2.14. The van der Waals surface area contributed by atoms with Gasteiger partial charge in [-0.25, -0.2) is 4.79 Å². The first kappa shape index (κ1) is 19.4. The molecule has 0 aliphatic rings. The summed E-state index contributed by atoms with van der Waals surface area (Å²) in [6.45, 7) is 9.60. The van der Waals surface area contributed by atoms with Gasteiger partial charge in [0.1, 0.15) is 0 Å². The molecule has 0 aromatic carbocycles. The normalized spacial score (nSPS) is 11.7. The predicted octanol–water partition coefficient (Wildman–Crippen LogP) is 2.16. The Kier molecular flexibility index (Phi) is 11.3. The van der Waals surface area contributed by atoms with E-state index in [1.165, 1.54) is 0 Å². The molecule has 0 fully saturated rings. The van der Waals surface area contributed by atoms with Crippen molar-refractivity contribution in [3.05, 3.63) is 12.2 Å². The molecule has 0 aliphatic carbocycles. The van der Waals surface area contributed by atoms with E-state index < -0.39 is 5.97 Å². The quantitative estimate of drug-likeness (QED) is 0.381. The van der Waals surface area contributed by atoms with Gasteiger partial charge in [-0.05, 0) is 25.7 Å². The van der Waals surface area contributed by atoms with E-state index in [1.54, 1.807) is 0 Å². The summed E-state index contributed by atoms with van der Waals surface area (Å²) in [6.07, 6.45) is 2.56. The molecule has 6 nitrogen and oxygen atoms in total. The summed E-state index contributed by atoms with van der Waals surface area (Å²) in [6, 6.07) is -0.220. The molecule has 0 radical (unpaired) electrons. The van der Waals surface area contributed by atoms with Crippen LogP contribution in [0.15, 0.2) is 12.2 Å². The first-order valence-corrected chi connectivity index (χ1v) is 7.41. The van der Waals surface area contributed by atoms with Crippen molar-refractivity contribution in [1.29, 1.82) is 0 Å². The van der Waals surface area contributed by atoms with E-state index >= 15 is 0 Å². The second-order valence-electron chi connectivity index (χ2n) is 5.19. The van der Waals surface area contributed by atoms with Crippen LogP contribution in [-0.4, -0.2) is 43.4 Å². The monoisotopic (exact) mass is 300 g/mol. The van der Waals surface area contributed by atoms with Gasteiger partial charge in [-0.1, -0.05) is 25.5 Å². The maximum atomic E-state index is 11.5. The molecule has 0 saturated heterocycles. The van der Waals surface area contributed by atoms with Crippen molar-refractivity contribution in [3.8, 4) is 0 Å². The minimum absolute atomic E-state index is 0.185. The van der Waals surface area contributed by atoms with E-state index in [9.17, 15) is 9.59 Å². The van der Waals surface area contributed by atoms with Gasteiger partial charge in [-0.15, -0.1) is 0 Å². The average molecular weight is 300 g/mol. The second kappa shape index (κ2) is 12.2. The lowest BCUT2D eigenvalue weighted by Crippen LogP contribution is -2.38. The van der Waals surface area contributed by atoms with Crippen LogP contribution in [0, 0.1) is 5.92 Å². The van der Waals surface area contributed by atoms with Crippen molar-refractivity contribution in [2.75, 3.05) is 26.3 Å². The third kappa shape index (κ3) is 13.2. The number of urea groups is 1. The second-order valence-corrected chi connectivity index (χ2v) is 5.19. The molecule has 0 aromatic rings. The van der Waals surface area contributed by atoms with E-state index in [0.717, 1.165) is 18.4 Å². The summed E-state index contributed by atoms with van der Waals surface area (Å²) in [5.74, 6) is -0.436. The zero-order valence-electron chi connectivity index (χ0n) is 13.1. The summed E-state index contributed by atoms with van der Waals surface area (Å²) in [7, 11) is 0. The molecule has 122 valence electrons. The molecule has 3 N–H and O–H groups in total. The van der Waals surface area contributed by atoms with Gasteiger partial charge in [0, 0.05) is 19.5 Å². The summed E-state index contributed by atoms with van der Waals surface area (Å²) >= 11 is 0. The zero-order valence-corrected chi connectivity index (χ0v) is 13.1. The molecule has 21 heavy (non-hydrogen) atoms. The molecule has 1 unspecified atom stereocenters. The fourth-order valence-corrected chi connectivity index (χ4v) is 1.82. The molecule has 0 bridgehead atoms. The van der Waals surface area contributed by atoms with Gasteiger partial charge in [-0.2, -0.15) is 0 Å². The molecule has 1 atom stereocenters. The van der Waals surface area contributed by atoms with Crippen molar-refractivity contribution in [3.63, 3.8) is 0 Å². The van der Waals surface area contributed by atoms with Gasteiger partial charge in [0.2, 0.25) is 0 Å². The summed E-state index contributed by atoms with van der Waals surface area (Å²) in [4.78, 5) is 22.0. The Labute approximate surface area is 126 Å². The van der Waals surface area contributed by atoms with Crippen LogP contribution in [-0.2, 0) is 9.53 Å². The van der Waals surface area contributed by atoms with Crippen molar-refractivity contribution in [1.82, 2.24) is 10.6 Å². The largest absolute Gasteiger partial charge is 0.481 e. The number of carbonyl (C=O) groups excluding carboxylic acids is 1.